The van der Waals surface area contributed by atoms with E-state index in [9.17, 15) is 4.79 Å². The highest BCUT2D eigenvalue weighted by Gasteiger charge is 2.23. The third kappa shape index (κ3) is 1.67. The van der Waals surface area contributed by atoms with E-state index in [1.165, 1.54) is 4.40 Å². The molecular formula is C11H16N6O. The van der Waals surface area contributed by atoms with Gasteiger partial charge < -0.3 is 10.2 Å². The minimum atomic E-state index is -0.240. The number of hydrogen-bond donors (Lipinski definition) is 2. The van der Waals surface area contributed by atoms with E-state index in [-0.39, 0.29) is 5.69 Å². The Morgan fingerprint density at radius 1 is 1.56 bits per heavy atom. The van der Waals surface area contributed by atoms with Crippen LogP contribution in [0, 0.1) is 6.92 Å². The zero-order valence-electron chi connectivity index (χ0n) is 10.5. The highest BCUT2D eigenvalue weighted by molar-refractivity contribution is 5.52. The molecule has 7 heteroatoms. The lowest BCUT2D eigenvalue weighted by atomic mass is 10.3. The number of aromatic amines is 1. The Hall–Kier alpha value is -1.89. The van der Waals surface area contributed by atoms with Crippen molar-refractivity contribution in [2.75, 3.05) is 25.0 Å². The van der Waals surface area contributed by atoms with Gasteiger partial charge in [0, 0.05) is 25.2 Å². The standard InChI is InChI=1S/C11H16N6O/c1-7-13-9(16-4-3-8(6-16)12-2)5-10-14-15-11(18)17(7)10/h5,8,12H,3-4,6H2,1-2H3,(H,15,18). The quantitative estimate of drug-likeness (QED) is 0.751. The number of hydrogen-bond acceptors (Lipinski definition) is 5. The van der Waals surface area contributed by atoms with Crippen molar-refractivity contribution >= 4 is 11.5 Å². The van der Waals surface area contributed by atoms with Crippen molar-refractivity contribution in [3.05, 3.63) is 22.4 Å². The predicted octanol–water partition coefficient (Wildman–Crippen LogP) is -0.476. The predicted molar refractivity (Wildman–Crippen MR) is 68.0 cm³/mol. The third-order valence-corrected chi connectivity index (χ3v) is 3.48. The largest absolute Gasteiger partial charge is 0.355 e. The highest BCUT2D eigenvalue weighted by atomic mass is 16.1. The fourth-order valence-electron chi connectivity index (χ4n) is 2.45. The van der Waals surface area contributed by atoms with Gasteiger partial charge in [-0.1, -0.05) is 0 Å². The molecule has 1 saturated heterocycles. The van der Waals surface area contributed by atoms with Crippen molar-refractivity contribution in [3.8, 4) is 0 Å². The molecule has 18 heavy (non-hydrogen) atoms. The van der Waals surface area contributed by atoms with Crippen molar-refractivity contribution in [2.24, 2.45) is 0 Å². The van der Waals surface area contributed by atoms with E-state index in [2.05, 4.69) is 25.4 Å². The van der Waals surface area contributed by atoms with E-state index >= 15 is 0 Å². The van der Waals surface area contributed by atoms with Crippen LogP contribution >= 0.6 is 0 Å². The van der Waals surface area contributed by atoms with Gasteiger partial charge >= 0.3 is 5.69 Å². The number of anilines is 1. The second kappa shape index (κ2) is 4.09. The van der Waals surface area contributed by atoms with Gasteiger partial charge in [0.05, 0.1) is 0 Å². The van der Waals surface area contributed by atoms with Crippen LogP contribution in [0.1, 0.15) is 12.2 Å². The minimum Gasteiger partial charge on any atom is -0.355 e. The molecule has 1 aliphatic rings. The summed E-state index contributed by atoms with van der Waals surface area (Å²) in [6, 6.07) is 2.35. The first-order chi connectivity index (χ1) is 8.69. The molecule has 96 valence electrons. The molecule has 2 aromatic rings. The maximum Gasteiger partial charge on any atom is 0.349 e. The van der Waals surface area contributed by atoms with Gasteiger partial charge in [-0.25, -0.2) is 19.3 Å². The van der Waals surface area contributed by atoms with E-state index in [1.54, 1.807) is 0 Å². The van der Waals surface area contributed by atoms with Crippen LogP contribution in [-0.2, 0) is 0 Å². The molecule has 0 amide bonds. The molecule has 0 radical (unpaired) electrons. The molecule has 0 spiro atoms. The molecule has 1 atom stereocenters. The summed E-state index contributed by atoms with van der Waals surface area (Å²) in [5, 5.41) is 9.71. The first-order valence-electron chi connectivity index (χ1n) is 6.06. The molecule has 3 rings (SSSR count). The smallest absolute Gasteiger partial charge is 0.349 e. The number of nitrogens with one attached hydrogen (secondary N) is 2. The van der Waals surface area contributed by atoms with E-state index in [1.807, 2.05) is 20.0 Å². The Morgan fingerprint density at radius 3 is 3.11 bits per heavy atom. The lowest BCUT2D eigenvalue weighted by molar-refractivity contribution is 0.616. The van der Waals surface area contributed by atoms with Gasteiger partial charge in [-0.05, 0) is 20.4 Å². The van der Waals surface area contributed by atoms with Crippen LogP contribution < -0.4 is 15.9 Å². The average Bonchev–Trinajstić information content (AvgIpc) is 2.96. The summed E-state index contributed by atoms with van der Waals surface area (Å²) in [5.41, 5.74) is 0.381. The monoisotopic (exact) mass is 248 g/mol. The molecule has 2 N–H and O–H groups in total. The Balaban J connectivity index is 2.01. The Bertz CT molecular complexity index is 630. The first kappa shape index (κ1) is 11.2. The molecule has 0 saturated carbocycles. The van der Waals surface area contributed by atoms with Gasteiger partial charge in [-0.3, -0.25) is 0 Å². The number of nitrogens with zero attached hydrogens (tertiary/aromatic N) is 4. The second-order valence-electron chi connectivity index (χ2n) is 4.60. The van der Waals surface area contributed by atoms with Crippen molar-refractivity contribution in [1.82, 2.24) is 24.9 Å². The van der Waals surface area contributed by atoms with Gasteiger partial charge in [0.2, 0.25) is 0 Å². The Kier molecular flexibility index (Phi) is 2.55. The summed E-state index contributed by atoms with van der Waals surface area (Å²) in [7, 11) is 1.98. The molecule has 0 aliphatic carbocycles. The normalized spacial score (nSPS) is 19.9. The van der Waals surface area contributed by atoms with Crippen LogP contribution in [-0.4, -0.2) is 45.8 Å². The van der Waals surface area contributed by atoms with E-state index in [0.29, 0.717) is 17.5 Å². The van der Waals surface area contributed by atoms with Gasteiger partial charge in [-0.15, -0.1) is 0 Å². The molecule has 2 aromatic heterocycles. The summed E-state index contributed by atoms with van der Waals surface area (Å²) in [4.78, 5) is 18.2. The van der Waals surface area contributed by atoms with Crippen LogP contribution in [0.15, 0.2) is 10.9 Å². The van der Waals surface area contributed by atoms with Crippen molar-refractivity contribution in [2.45, 2.75) is 19.4 Å². The number of aromatic nitrogens is 4. The molecule has 0 aromatic carbocycles. The summed E-state index contributed by atoms with van der Waals surface area (Å²) in [6.45, 7) is 3.73. The van der Waals surface area contributed by atoms with Gasteiger partial charge in [-0.2, -0.15) is 5.10 Å². The van der Waals surface area contributed by atoms with Crippen LogP contribution in [0.2, 0.25) is 0 Å². The average molecular weight is 248 g/mol. The fraction of sp³-hybridized carbons (Fsp3) is 0.545. The lowest BCUT2D eigenvalue weighted by Gasteiger charge is -2.17. The third-order valence-electron chi connectivity index (χ3n) is 3.48. The van der Waals surface area contributed by atoms with Gasteiger partial charge in [0.1, 0.15) is 11.6 Å². The highest BCUT2D eigenvalue weighted by Crippen LogP contribution is 2.19. The summed E-state index contributed by atoms with van der Waals surface area (Å²) < 4.78 is 1.48. The number of H-pyrrole nitrogens is 1. The molecule has 1 unspecified atom stereocenters. The molecule has 1 fully saturated rings. The minimum absolute atomic E-state index is 0.240. The molecular weight excluding hydrogens is 232 g/mol. The number of rotatable bonds is 2. The van der Waals surface area contributed by atoms with Crippen LogP contribution in [0.25, 0.3) is 5.65 Å². The second-order valence-corrected chi connectivity index (χ2v) is 4.60. The molecule has 3 heterocycles. The fourth-order valence-corrected chi connectivity index (χ4v) is 2.45. The van der Waals surface area contributed by atoms with Gasteiger partial charge in [0.25, 0.3) is 0 Å². The number of aryl methyl sites for hydroxylation is 1. The first-order valence-corrected chi connectivity index (χ1v) is 6.06. The topological polar surface area (TPSA) is 78.3 Å². The van der Waals surface area contributed by atoms with E-state index in [0.717, 1.165) is 25.3 Å². The summed E-state index contributed by atoms with van der Waals surface area (Å²) in [5.74, 6) is 1.55. The molecule has 0 bridgehead atoms. The molecule has 7 nitrogen and oxygen atoms in total. The maximum absolute atomic E-state index is 11.5. The van der Waals surface area contributed by atoms with Gasteiger partial charge in [0.15, 0.2) is 5.65 Å². The van der Waals surface area contributed by atoms with Crippen LogP contribution in [0.4, 0.5) is 5.82 Å². The van der Waals surface area contributed by atoms with E-state index < -0.39 is 0 Å². The Labute approximate surface area is 104 Å². The van der Waals surface area contributed by atoms with Crippen LogP contribution in [0.3, 0.4) is 0 Å². The van der Waals surface area contributed by atoms with Crippen molar-refractivity contribution in [3.63, 3.8) is 0 Å². The van der Waals surface area contributed by atoms with E-state index in [4.69, 9.17) is 0 Å². The van der Waals surface area contributed by atoms with Crippen molar-refractivity contribution < 1.29 is 0 Å². The zero-order chi connectivity index (χ0) is 12.7. The SMILES string of the molecule is CNC1CCN(c2cc3n[nH]c(=O)n3c(C)n2)C1. The maximum atomic E-state index is 11.5. The molecule has 1 aliphatic heterocycles. The summed E-state index contributed by atoms with van der Waals surface area (Å²) in [6.07, 6.45) is 1.11. The number of fused-ring (bicyclic) bond motifs is 1. The summed E-state index contributed by atoms with van der Waals surface area (Å²) >= 11 is 0. The lowest BCUT2D eigenvalue weighted by Crippen LogP contribution is -2.30. The van der Waals surface area contributed by atoms with Crippen LogP contribution in [0.5, 0.6) is 0 Å². The zero-order valence-corrected chi connectivity index (χ0v) is 10.5. The van der Waals surface area contributed by atoms with Crippen molar-refractivity contribution in [1.29, 1.82) is 0 Å². The number of likely N-dealkylation sites (N-methyl/N-ethyl adjacent to an activating group) is 1. The Morgan fingerprint density at radius 2 is 2.39 bits per heavy atom.